The molecule has 0 bridgehead atoms. The minimum atomic E-state index is 0.169. The Morgan fingerprint density at radius 1 is 0.871 bits per heavy atom. The molecule has 5 rings (SSSR count). The van der Waals surface area contributed by atoms with Crippen molar-refractivity contribution in [3.8, 4) is 0 Å². The number of anilines is 2. The number of hydrogen-bond donors (Lipinski definition) is 0. The molecule has 0 radical (unpaired) electrons. The maximum absolute atomic E-state index is 13.3. The van der Waals surface area contributed by atoms with Crippen molar-refractivity contribution in [2.24, 2.45) is 0 Å². The number of para-hydroxylation sites is 1. The molecule has 4 heterocycles. The number of rotatable bonds is 3. The summed E-state index contributed by atoms with van der Waals surface area (Å²) in [6.45, 7) is 7.53. The number of fused-ring (bicyclic) bond motifs is 1. The van der Waals surface area contributed by atoms with Crippen molar-refractivity contribution in [2.75, 3.05) is 49.1 Å². The molecule has 162 valence electrons. The first-order valence-electron chi connectivity index (χ1n) is 11.3. The van der Waals surface area contributed by atoms with Gasteiger partial charge >= 0.3 is 0 Å². The number of carbonyl (C=O) groups is 1. The van der Waals surface area contributed by atoms with Gasteiger partial charge < -0.3 is 14.7 Å². The summed E-state index contributed by atoms with van der Waals surface area (Å²) in [6.07, 6.45) is 6.30. The molecule has 1 amide bonds. The Hall–Kier alpha value is -2.67. The molecule has 7 heteroatoms. The molecular weight excluding hydrogens is 406 g/mol. The van der Waals surface area contributed by atoms with E-state index >= 15 is 0 Å². The molecule has 2 aliphatic rings. The number of benzene rings is 1. The molecule has 0 saturated carbocycles. The van der Waals surface area contributed by atoms with Crippen LogP contribution in [-0.2, 0) is 0 Å². The first-order valence-corrected chi connectivity index (χ1v) is 12.1. The Morgan fingerprint density at radius 3 is 2.26 bits per heavy atom. The molecular formula is C24H29N5OS. The number of thiophene rings is 1. The van der Waals surface area contributed by atoms with Gasteiger partial charge in [-0.05, 0) is 37.5 Å². The summed E-state index contributed by atoms with van der Waals surface area (Å²) in [5.74, 6) is 1.14. The summed E-state index contributed by atoms with van der Waals surface area (Å²) in [6, 6.07) is 10.6. The van der Waals surface area contributed by atoms with Crippen LogP contribution in [0.25, 0.3) is 10.2 Å². The zero-order valence-corrected chi connectivity index (χ0v) is 18.9. The van der Waals surface area contributed by atoms with Gasteiger partial charge in [-0.15, -0.1) is 11.3 Å². The summed E-state index contributed by atoms with van der Waals surface area (Å²) in [4.78, 5) is 31.1. The van der Waals surface area contributed by atoms with Crippen molar-refractivity contribution in [2.45, 2.75) is 32.6 Å². The molecule has 31 heavy (non-hydrogen) atoms. The number of aromatic nitrogens is 2. The van der Waals surface area contributed by atoms with Crippen molar-refractivity contribution in [1.29, 1.82) is 0 Å². The monoisotopic (exact) mass is 435 g/mol. The third kappa shape index (κ3) is 3.99. The molecule has 0 aliphatic carbocycles. The van der Waals surface area contributed by atoms with Crippen molar-refractivity contribution in [3.63, 3.8) is 0 Å². The second-order valence-corrected chi connectivity index (χ2v) is 9.45. The van der Waals surface area contributed by atoms with E-state index in [1.54, 1.807) is 6.33 Å². The normalized spacial score (nSPS) is 17.8. The molecule has 2 saturated heterocycles. The number of carbonyl (C=O) groups excluding carboxylic acids is 1. The zero-order valence-electron chi connectivity index (χ0n) is 18.1. The lowest BCUT2D eigenvalue weighted by atomic mass is 10.1. The third-order valence-electron chi connectivity index (χ3n) is 6.49. The van der Waals surface area contributed by atoms with Gasteiger partial charge in [-0.1, -0.05) is 31.0 Å². The highest BCUT2D eigenvalue weighted by atomic mass is 32.1. The predicted octanol–water partition coefficient (Wildman–Crippen LogP) is 4.34. The lowest BCUT2D eigenvalue weighted by Gasteiger charge is -2.37. The molecule has 6 nitrogen and oxygen atoms in total. The van der Waals surface area contributed by atoms with E-state index in [1.807, 2.05) is 4.90 Å². The Labute approximate surface area is 187 Å². The molecule has 0 atom stereocenters. The molecule has 0 N–H and O–H groups in total. The van der Waals surface area contributed by atoms with Crippen LogP contribution < -0.4 is 9.80 Å². The molecule has 2 aliphatic heterocycles. The zero-order chi connectivity index (χ0) is 21.2. The Bertz CT molecular complexity index is 1050. The summed E-state index contributed by atoms with van der Waals surface area (Å²) in [5, 5.41) is 1.05. The third-order valence-corrected chi connectivity index (χ3v) is 7.68. The van der Waals surface area contributed by atoms with Gasteiger partial charge in [0.05, 0.1) is 10.3 Å². The van der Waals surface area contributed by atoms with Crippen LogP contribution in [0.4, 0.5) is 11.5 Å². The highest BCUT2D eigenvalue weighted by Crippen LogP contribution is 2.36. The van der Waals surface area contributed by atoms with Gasteiger partial charge in [-0.25, -0.2) is 9.97 Å². The first-order chi connectivity index (χ1) is 15.2. The SMILES string of the molecule is Cc1c(C(=O)N2CCCCCC2)sc2ncnc(N3CCN(c4ccccc4)CC3)c12. The van der Waals surface area contributed by atoms with E-state index in [2.05, 4.69) is 57.0 Å². The maximum atomic E-state index is 13.3. The van der Waals surface area contributed by atoms with Gasteiger partial charge in [0.1, 0.15) is 17.0 Å². The maximum Gasteiger partial charge on any atom is 0.264 e. The first kappa shape index (κ1) is 20.2. The van der Waals surface area contributed by atoms with Crippen molar-refractivity contribution >= 4 is 39.0 Å². The average molecular weight is 436 g/mol. The van der Waals surface area contributed by atoms with E-state index in [1.165, 1.54) is 29.9 Å². The molecule has 3 aromatic rings. The standard InChI is InChI=1S/C24H29N5OS/c1-18-20-22(28-15-13-27(14-16-28)19-9-5-4-6-10-19)25-17-26-23(20)31-21(18)24(30)29-11-7-2-3-8-12-29/h4-6,9-10,17H,2-3,7-8,11-16H2,1H3. The molecule has 0 unspecified atom stereocenters. The van der Waals surface area contributed by atoms with Crippen LogP contribution in [-0.4, -0.2) is 60.0 Å². The minimum Gasteiger partial charge on any atom is -0.368 e. The summed E-state index contributed by atoms with van der Waals surface area (Å²) < 4.78 is 0. The molecule has 2 aromatic heterocycles. The minimum absolute atomic E-state index is 0.169. The predicted molar refractivity (Wildman–Crippen MR) is 127 cm³/mol. The highest BCUT2D eigenvalue weighted by Gasteiger charge is 2.27. The second kappa shape index (κ2) is 8.83. The smallest absolute Gasteiger partial charge is 0.264 e. The van der Waals surface area contributed by atoms with Crippen LogP contribution in [0.2, 0.25) is 0 Å². The van der Waals surface area contributed by atoms with Crippen LogP contribution in [0.15, 0.2) is 36.7 Å². The molecule has 2 fully saturated rings. The lowest BCUT2D eigenvalue weighted by molar-refractivity contribution is 0.0766. The number of amides is 1. The fourth-order valence-electron chi connectivity index (χ4n) is 4.73. The van der Waals surface area contributed by atoms with Crippen LogP contribution in [0.1, 0.15) is 40.9 Å². The van der Waals surface area contributed by atoms with E-state index in [9.17, 15) is 4.79 Å². The summed E-state index contributed by atoms with van der Waals surface area (Å²) in [5.41, 5.74) is 2.31. The number of nitrogens with zero attached hydrogens (tertiary/aromatic N) is 5. The van der Waals surface area contributed by atoms with Gasteiger partial charge in [0.25, 0.3) is 5.91 Å². The lowest BCUT2D eigenvalue weighted by Crippen LogP contribution is -2.46. The Morgan fingerprint density at radius 2 is 1.55 bits per heavy atom. The number of aryl methyl sites for hydroxylation is 1. The van der Waals surface area contributed by atoms with Crippen molar-refractivity contribution < 1.29 is 4.79 Å². The quantitative estimate of drug-likeness (QED) is 0.612. The summed E-state index contributed by atoms with van der Waals surface area (Å²) >= 11 is 1.53. The van der Waals surface area contributed by atoms with E-state index in [0.29, 0.717) is 0 Å². The highest BCUT2D eigenvalue weighted by molar-refractivity contribution is 7.20. The van der Waals surface area contributed by atoms with Crippen LogP contribution >= 0.6 is 11.3 Å². The van der Waals surface area contributed by atoms with E-state index in [-0.39, 0.29) is 5.91 Å². The average Bonchev–Trinajstić information content (AvgIpc) is 2.99. The fraction of sp³-hybridized carbons (Fsp3) is 0.458. The Balaban J connectivity index is 1.40. The number of hydrogen-bond acceptors (Lipinski definition) is 6. The number of piperazine rings is 1. The topological polar surface area (TPSA) is 52.6 Å². The largest absolute Gasteiger partial charge is 0.368 e. The Kier molecular flexibility index (Phi) is 5.76. The van der Waals surface area contributed by atoms with Gasteiger partial charge in [0.2, 0.25) is 0 Å². The number of likely N-dealkylation sites (tertiary alicyclic amines) is 1. The van der Waals surface area contributed by atoms with Crippen LogP contribution in [0.3, 0.4) is 0 Å². The van der Waals surface area contributed by atoms with Gasteiger partial charge in [-0.2, -0.15) is 0 Å². The molecule has 1 aromatic carbocycles. The van der Waals surface area contributed by atoms with Crippen LogP contribution in [0, 0.1) is 6.92 Å². The van der Waals surface area contributed by atoms with E-state index in [0.717, 1.165) is 78.6 Å². The van der Waals surface area contributed by atoms with Gasteiger partial charge in [0.15, 0.2) is 0 Å². The van der Waals surface area contributed by atoms with Gasteiger partial charge in [0, 0.05) is 45.0 Å². The fourth-order valence-corrected chi connectivity index (χ4v) is 5.84. The summed E-state index contributed by atoms with van der Waals surface area (Å²) in [7, 11) is 0. The van der Waals surface area contributed by atoms with Crippen molar-refractivity contribution in [1.82, 2.24) is 14.9 Å². The van der Waals surface area contributed by atoms with Crippen molar-refractivity contribution in [3.05, 3.63) is 47.1 Å². The van der Waals surface area contributed by atoms with E-state index < -0.39 is 0 Å². The van der Waals surface area contributed by atoms with E-state index in [4.69, 9.17) is 0 Å². The molecule has 0 spiro atoms. The second-order valence-electron chi connectivity index (χ2n) is 8.45. The van der Waals surface area contributed by atoms with Gasteiger partial charge in [-0.3, -0.25) is 4.79 Å². The van der Waals surface area contributed by atoms with Crippen LogP contribution in [0.5, 0.6) is 0 Å².